The maximum Gasteiger partial charge on any atom is 0.227 e. The first-order valence-electron chi connectivity index (χ1n) is 6.96. The Balaban J connectivity index is 1.84. The van der Waals surface area contributed by atoms with Gasteiger partial charge in [0.05, 0.1) is 5.75 Å². The molecule has 1 fully saturated rings. The van der Waals surface area contributed by atoms with E-state index >= 15 is 0 Å². The Bertz CT molecular complexity index is 426. The number of hydrogen-bond acceptors (Lipinski definition) is 4. The van der Waals surface area contributed by atoms with Gasteiger partial charge in [0.15, 0.2) is 5.16 Å². The van der Waals surface area contributed by atoms with Gasteiger partial charge in [0.25, 0.3) is 0 Å². The zero-order chi connectivity index (χ0) is 13.7. The van der Waals surface area contributed by atoms with Crippen molar-refractivity contribution in [2.24, 2.45) is 18.7 Å². The van der Waals surface area contributed by atoms with E-state index in [0.717, 1.165) is 23.3 Å². The second-order valence-corrected chi connectivity index (χ2v) is 6.20. The highest BCUT2D eigenvalue weighted by Crippen LogP contribution is 2.27. The SMILES string of the molecule is Cn1c(CCC2CCCCC2)nnc1SCC(N)=O. The fourth-order valence-electron chi connectivity index (χ4n) is 2.63. The van der Waals surface area contributed by atoms with Crippen molar-refractivity contribution in [2.75, 3.05) is 5.75 Å². The number of rotatable bonds is 6. The normalized spacial score (nSPS) is 16.7. The molecule has 6 heteroatoms. The van der Waals surface area contributed by atoms with Crippen LogP contribution in [0.3, 0.4) is 0 Å². The molecule has 1 aromatic heterocycles. The van der Waals surface area contributed by atoms with Crippen molar-refractivity contribution >= 4 is 17.7 Å². The molecule has 1 amide bonds. The van der Waals surface area contributed by atoms with Gasteiger partial charge in [0.1, 0.15) is 5.82 Å². The van der Waals surface area contributed by atoms with E-state index in [4.69, 9.17) is 5.73 Å². The third-order valence-electron chi connectivity index (χ3n) is 3.77. The van der Waals surface area contributed by atoms with Crippen molar-refractivity contribution in [1.82, 2.24) is 14.8 Å². The number of carbonyl (C=O) groups excluding carboxylic acids is 1. The molecule has 0 atom stereocenters. The molecule has 1 saturated carbocycles. The molecule has 0 bridgehead atoms. The number of nitrogens with zero attached hydrogens (tertiary/aromatic N) is 3. The summed E-state index contributed by atoms with van der Waals surface area (Å²) in [5.41, 5.74) is 5.14. The smallest absolute Gasteiger partial charge is 0.227 e. The Morgan fingerprint density at radius 3 is 2.79 bits per heavy atom. The Morgan fingerprint density at radius 1 is 1.37 bits per heavy atom. The van der Waals surface area contributed by atoms with Crippen molar-refractivity contribution < 1.29 is 4.79 Å². The summed E-state index contributed by atoms with van der Waals surface area (Å²) >= 11 is 1.35. The lowest BCUT2D eigenvalue weighted by Gasteiger charge is -2.20. The van der Waals surface area contributed by atoms with E-state index in [1.807, 2.05) is 11.6 Å². The van der Waals surface area contributed by atoms with Gasteiger partial charge in [-0.25, -0.2) is 0 Å². The monoisotopic (exact) mass is 282 g/mol. The summed E-state index contributed by atoms with van der Waals surface area (Å²) in [6.07, 6.45) is 9.06. The summed E-state index contributed by atoms with van der Waals surface area (Å²) in [5.74, 6) is 1.80. The van der Waals surface area contributed by atoms with Gasteiger partial charge in [-0.15, -0.1) is 10.2 Å². The molecule has 0 aromatic carbocycles. The minimum Gasteiger partial charge on any atom is -0.369 e. The number of carbonyl (C=O) groups is 1. The Hall–Kier alpha value is -1.04. The summed E-state index contributed by atoms with van der Waals surface area (Å²) in [4.78, 5) is 10.8. The summed E-state index contributed by atoms with van der Waals surface area (Å²) in [6, 6.07) is 0. The fraction of sp³-hybridized carbons (Fsp3) is 0.769. The molecule has 2 rings (SSSR count). The molecule has 2 N–H and O–H groups in total. The van der Waals surface area contributed by atoms with Gasteiger partial charge in [-0.3, -0.25) is 4.79 Å². The van der Waals surface area contributed by atoms with Crippen molar-refractivity contribution in [3.63, 3.8) is 0 Å². The van der Waals surface area contributed by atoms with Crippen LogP contribution in [-0.2, 0) is 18.3 Å². The highest BCUT2D eigenvalue weighted by molar-refractivity contribution is 7.99. The van der Waals surface area contributed by atoms with E-state index in [2.05, 4.69) is 10.2 Å². The lowest BCUT2D eigenvalue weighted by atomic mass is 9.86. The third kappa shape index (κ3) is 4.23. The van der Waals surface area contributed by atoms with E-state index in [9.17, 15) is 4.79 Å². The number of amides is 1. The predicted molar refractivity (Wildman–Crippen MR) is 75.8 cm³/mol. The van der Waals surface area contributed by atoms with Gasteiger partial charge >= 0.3 is 0 Å². The number of nitrogens with two attached hydrogens (primary N) is 1. The minimum absolute atomic E-state index is 0.259. The molecular weight excluding hydrogens is 260 g/mol. The van der Waals surface area contributed by atoms with Crippen LogP contribution in [0.5, 0.6) is 0 Å². The first-order chi connectivity index (χ1) is 9.16. The minimum atomic E-state index is -0.322. The molecule has 0 aliphatic heterocycles. The molecule has 0 saturated heterocycles. The highest BCUT2D eigenvalue weighted by Gasteiger charge is 2.16. The second-order valence-electron chi connectivity index (χ2n) is 5.26. The van der Waals surface area contributed by atoms with Crippen LogP contribution in [0.2, 0.25) is 0 Å². The van der Waals surface area contributed by atoms with Crippen LogP contribution >= 0.6 is 11.8 Å². The molecule has 1 aromatic rings. The van der Waals surface area contributed by atoms with Crippen LogP contribution in [0, 0.1) is 5.92 Å². The molecule has 1 heterocycles. The van der Waals surface area contributed by atoms with Gasteiger partial charge in [0.2, 0.25) is 5.91 Å². The second kappa shape index (κ2) is 6.93. The summed E-state index contributed by atoms with van der Waals surface area (Å²) in [7, 11) is 1.96. The molecule has 1 aliphatic rings. The summed E-state index contributed by atoms with van der Waals surface area (Å²) < 4.78 is 1.98. The maximum absolute atomic E-state index is 10.8. The van der Waals surface area contributed by atoms with Crippen LogP contribution in [0.4, 0.5) is 0 Å². The topological polar surface area (TPSA) is 73.8 Å². The van der Waals surface area contributed by atoms with Crippen molar-refractivity contribution in [2.45, 2.75) is 50.1 Å². The van der Waals surface area contributed by atoms with Crippen molar-refractivity contribution in [3.8, 4) is 0 Å². The van der Waals surface area contributed by atoms with Crippen LogP contribution < -0.4 is 5.73 Å². The number of aryl methyl sites for hydroxylation is 1. The quantitative estimate of drug-likeness (QED) is 0.809. The first-order valence-corrected chi connectivity index (χ1v) is 7.94. The van der Waals surface area contributed by atoms with Gasteiger partial charge in [-0.1, -0.05) is 43.9 Å². The van der Waals surface area contributed by atoms with Crippen LogP contribution in [0.15, 0.2) is 5.16 Å². The molecule has 0 radical (unpaired) electrons. The Kier molecular flexibility index (Phi) is 5.24. The maximum atomic E-state index is 10.8. The summed E-state index contributed by atoms with van der Waals surface area (Å²) in [5, 5.41) is 9.11. The van der Waals surface area contributed by atoms with E-state index in [-0.39, 0.29) is 11.7 Å². The van der Waals surface area contributed by atoms with Crippen LogP contribution in [0.25, 0.3) is 0 Å². The zero-order valence-corrected chi connectivity index (χ0v) is 12.3. The third-order valence-corrected chi connectivity index (χ3v) is 4.81. The molecule has 1 aliphatic carbocycles. The zero-order valence-electron chi connectivity index (χ0n) is 11.5. The standard InChI is InChI=1S/C13H22N4OS/c1-17-12(8-7-10-5-3-2-4-6-10)15-16-13(17)19-9-11(14)18/h10H,2-9H2,1H3,(H2,14,18). The molecule has 106 valence electrons. The number of thioether (sulfide) groups is 1. The van der Waals surface area contributed by atoms with Crippen molar-refractivity contribution in [1.29, 1.82) is 0 Å². The molecular formula is C13H22N4OS. The average molecular weight is 282 g/mol. The number of hydrogen-bond donors (Lipinski definition) is 1. The predicted octanol–water partition coefficient (Wildman–Crippen LogP) is 1.91. The highest BCUT2D eigenvalue weighted by atomic mass is 32.2. The van der Waals surface area contributed by atoms with Crippen LogP contribution in [0.1, 0.15) is 44.3 Å². The molecule has 19 heavy (non-hydrogen) atoms. The summed E-state index contributed by atoms with van der Waals surface area (Å²) in [6.45, 7) is 0. The van der Waals surface area contributed by atoms with Crippen LogP contribution in [-0.4, -0.2) is 26.4 Å². The number of primary amides is 1. The van der Waals surface area contributed by atoms with E-state index in [1.165, 1.54) is 50.3 Å². The molecule has 0 unspecified atom stereocenters. The van der Waals surface area contributed by atoms with E-state index in [1.54, 1.807) is 0 Å². The lowest BCUT2D eigenvalue weighted by Crippen LogP contribution is -2.13. The largest absolute Gasteiger partial charge is 0.369 e. The van der Waals surface area contributed by atoms with E-state index < -0.39 is 0 Å². The Morgan fingerprint density at radius 2 is 2.11 bits per heavy atom. The van der Waals surface area contributed by atoms with Gasteiger partial charge in [0, 0.05) is 13.5 Å². The van der Waals surface area contributed by atoms with E-state index in [0.29, 0.717) is 0 Å². The fourth-order valence-corrected chi connectivity index (χ4v) is 3.30. The van der Waals surface area contributed by atoms with Crippen molar-refractivity contribution in [3.05, 3.63) is 5.82 Å². The lowest BCUT2D eigenvalue weighted by molar-refractivity contribution is -0.115. The van der Waals surface area contributed by atoms with Gasteiger partial charge < -0.3 is 10.3 Å². The molecule has 0 spiro atoms. The van der Waals surface area contributed by atoms with Gasteiger partial charge in [-0.05, 0) is 12.3 Å². The van der Waals surface area contributed by atoms with Gasteiger partial charge in [-0.2, -0.15) is 0 Å². The average Bonchev–Trinajstić information content (AvgIpc) is 2.76. The first kappa shape index (κ1) is 14.4. The Labute approximate surface area is 118 Å². The molecule has 5 nitrogen and oxygen atoms in total. The number of aromatic nitrogens is 3.